The molecule has 112 valence electrons. The van der Waals surface area contributed by atoms with Crippen LogP contribution in [-0.2, 0) is 17.9 Å². The fourth-order valence-corrected chi connectivity index (χ4v) is 3.33. The molecule has 21 heavy (non-hydrogen) atoms. The van der Waals surface area contributed by atoms with Gasteiger partial charge >= 0.3 is 12.0 Å². The summed E-state index contributed by atoms with van der Waals surface area (Å²) >= 11 is 0. The van der Waals surface area contributed by atoms with Gasteiger partial charge in [-0.05, 0) is 30.9 Å². The van der Waals surface area contributed by atoms with Crippen LogP contribution in [0.1, 0.15) is 30.9 Å². The summed E-state index contributed by atoms with van der Waals surface area (Å²) in [5, 5.41) is 9.10. The fourth-order valence-electron chi connectivity index (χ4n) is 3.33. The van der Waals surface area contributed by atoms with Crippen LogP contribution in [0.3, 0.4) is 0 Å². The summed E-state index contributed by atoms with van der Waals surface area (Å²) in [5.41, 5.74) is 2.41. The predicted octanol–water partition coefficient (Wildman–Crippen LogP) is 2.31. The number of fused-ring (bicyclic) bond motifs is 1. The number of likely N-dealkylation sites (tertiary alicyclic amines) is 1. The van der Waals surface area contributed by atoms with Gasteiger partial charge in [-0.25, -0.2) is 4.79 Å². The minimum absolute atomic E-state index is 0.0175. The first-order valence-corrected chi connectivity index (χ1v) is 7.41. The first kappa shape index (κ1) is 13.9. The summed E-state index contributed by atoms with van der Waals surface area (Å²) in [4.78, 5) is 27.4. The number of carbonyl (C=O) groups excluding carboxylic acids is 1. The quantitative estimate of drug-likeness (QED) is 0.862. The van der Waals surface area contributed by atoms with E-state index in [9.17, 15) is 9.59 Å². The highest BCUT2D eigenvalue weighted by Crippen LogP contribution is 2.28. The van der Waals surface area contributed by atoms with E-state index in [4.69, 9.17) is 5.11 Å². The van der Waals surface area contributed by atoms with Crippen LogP contribution in [0.4, 0.5) is 4.79 Å². The Bertz CT molecular complexity index is 547. The number of nitrogens with zero attached hydrogens (tertiary/aromatic N) is 2. The second kappa shape index (κ2) is 5.39. The van der Waals surface area contributed by atoms with E-state index >= 15 is 0 Å². The highest BCUT2D eigenvalue weighted by molar-refractivity contribution is 5.76. The molecular formula is C16H20N2O3. The van der Waals surface area contributed by atoms with Crippen LogP contribution in [-0.4, -0.2) is 39.5 Å². The van der Waals surface area contributed by atoms with Crippen molar-refractivity contribution < 1.29 is 14.7 Å². The van der Waals surface area contributed by atoms with Gasteiger partial charge in [-0.3, -0.25) is 4.79 Å². The molecule has 0 bridgehead atoms. The third kappa shape index (κ3) is 2.60. The van der Waals surface area contributed by atoms with Crippen molar-refractivity contribution in [3.05, 3.63) is 35.4 Å². The van der Waals surface area contributed by atoms with Crippen molar-refractivity contribution in [1.82, 2.24) is 9.80 Å². The lowest BCUT2D eigenvalue weighted by Gasteiger charge is -2.38. The van der Waals surface area contributed by atoms with Gasteiger partial charge < -0.3 is 14.9 Å². The fraction of sp³-hybridized carbons (Fsp3) is 0.500. The standard InChI is InChI=1S/C16H20N2O3/c1-11-8-12(15(19)20)6-7-18(11)16(21)17-9-13-4-2-3-5-14(13)10-17/h2-5,11-12H,6-10H2,1H3,(H,19,20). The van der Waals surface area contributed by atoms with Crippen LogP contribution >= 0.6 is 0 Å². The number of carboxylic acid groups (broad SMARTS) is 1. The molecule has 1 aromatic rings. The number of hydrogen-bond acceptors (Lipinski definition) is 2. The molecule has 1 N–H and O–H groups in total. The third-order valence-corrected chi connectivity index (χ3v) is 4.58. The van der Waals surface area contributed by atoms with Crippen molar-refractivity contribution in [2.75, 3.05) is 6.54 Å². The zero-order chi connectivity index (χ0) is 15.0. The Kier molecular flexibility index (Phi) is 3.57. The molecule has 2 heterocycles. The highest BCUT2D eigenvalue weighted by Gasteiger charge is 2.35. The molecule has 2 unspecified atom stereocenters. The Hall–Kier alpha value is -2.04. The zero-order valence-corrected chi connectivity index (χ0v) is 12.2. The molecule has 0 aliphatic carbocycles. The lowest BCUT2D eigenvalue weighted by molar-refractivity contribution is -0.143. The van der Waals surface area contributed by atoms with Gasteiger partial charge in [0.25, 0.3) is 0 Å². The summed E-state index contributed by atoms with van der Waals surface area (Å²) in [7, 11) is 0. The monoisotopic (exact) mass is 288 g/mol. The number of hydrogen-bond donors (Lipinski definition) is 1. The molecule has 2 aliphatic rings. The van der Waals surface area contributed by atoms with Gasteiger partial charge in [0.1, 0.15) is 0 Å². The SMILES string of the molecule is CC1CC(C(=O)O)CCN1C(=O)N1Cc2ccccc2C1. The van der Waals surface area contributed by atoms with Gasteiger partial charge in [-0.1, -0.05) is 24.3 Å². The molecule has 1 aromatic carbocycles. The normalized spacial score (nSPS) is 24.8. The molecule has 1 saturated heterocycles. The summed E-state index contributed by atoms with van der Waals surface area (Å²) in [5.74, 6) is -1.07. The number of urea groups is 1. The maximum absolute atomic E-state index is 12.7. The molecule has 0 saturated carbocycles. The van der Waals surface area contributed by atoms with Gasteiger partial charge in [-0.15, -0.1) is 0 Å². The topological polar surface area (TPSA) is 60.9 Å². The average molecular weight is 288 g/mol. The minimum Gasteiger partial charge on any atom is -0.481 e. The van der Waals surface area contributed by atoms with E-state index in [0.29, 0.717) is 32.5 Å². The van der Waals surface area contributed by atoms with E-state index in [0.717, 1.165) is 0 Å². The molecule has 1 fully saturated rings. The lowest BCUT2D eigenvalue weighted by atomic mass is 9.92. The summed E-state index contributed by atoms with van der Waals surface area (Å²) < 4.78 is 0. The van der Waals surface area contributed by atoms with E-state index in [1.165, 1.54) is 11.1 Å². The van der Waals surface area contributed by atoms with Crippen LogP contribution in [0.5, 0.6) is 0 Å². The van der Waals surface area contributed by atoms with Gasteiger partial charge in [0.15, 0.2) is 0 Å². The van der Waals surface area contributed by atoms with Gasteiger partial charge in [0.05, 0.1) is 5.92 Å². The van der Waals surface area contributed by atoms with Crippen LogP contribution in [0.25, 0.3) is 0 Å². The summed E-state index contributed by atoms with van der Waals surface area (Å²) in [6.07, 6.45) is 1.09. The highest BCUT2D eigenvalue weighted by atomic mass is 16.4. The smallest absolute Gasteiger partial charge is 0.320 e. The van der Waals surface area contributed by atoms with E-state index in [1.54, 1.807) is 0 Å². The van der Waals surface area contributed by atoms with Gasteiger partial charge in [0, 0.05) is 25.7 Å². The third-order valence-electron chi connectivity index (χ3n) is 4.58. The molecule has 0 spiro atoms. The summed E-state index contributed by atoms with van der Waals surface area (Å²) in [6.45, 7) is 3.78. The maximum Gasteiger partial charge on any atom is 0.320 e. The van der Waals surface area contributed by atoms with Crippen molar-refractivity contribution in [2.24, 2.45) is 5.92 Å². The van der Waals surface area contributed by atoms with Crippen molar-refractivity contribution in [1.29, 1.82) is 0 Å². The van der Waals surface area contributed by atoms with Gasteiger partial charge in [0.2, 0.25) is 0 Å². The first-order chi connectivity index (χ1) is 10.1. The van der Waals surface area contributed by atoms with Crippen molar-refractivity contribution in [3.63, 3.8) is 0 Å². The largest absolute Gasteiger partial charge is 0.481 e. The first-order valence-electron chi connectivity index (χ1n) is 7.41. The maximum atomic E-state index is 12.7. The molecule has 5 heteroatoms. The van der Waals surface area contributed by atoms with E-state index < -0.39 is 5.97 Å². The van der Waals surface area contributed by atoms with Crippen LogP contribution in [0.15, 0.2) is 24.3 Å². The molecular weight excluding hydrogens is 268 g/mol. The van der Waals surface area contributed by atoms with E-state index in [-0.39, 0.29) is 18.0 Å². The second-order valence-corrected chi connectivity index (χ2v) is 6.01. The molecule has 0 aromatic heterocycles. The number of carbonyl (C=O) groups is 2. The Labute approximate surface area is 124 Å². The second-order valence-electron chi connectivity index (χ2n) is 6.01. The number of amides is 2. The molecule has 3 rings (SSSR count). The van der Waals surface area contributed by atoms with Crippen molar-refractivity contribution in [3.8, 4) is 0 Å². The zero-order valence-electron chi connectivity index (χ0n) is 12.2. The number of benzene rings is 1. The Morgan fingerprint density at radius 3 is 2.33 bits per heavy atom. The molecule has 5 nitrogen and oxygen atoms in total. The molecule has 0 radical (unpaired) electrons. The van der Waals surface area contributed by atoms with Crippen LogP contribution < -0.4 is 0 Å². The predicted molar refractivity (Wildman–Crippen MR) is 77.6 cm³/mol. The van der Waals surface area contributed by atoms with Crippen molar-refractivity contribution >= 4 is 12.0 Å². The van der Waals surface area contributed by atoms with Crippen LogP contribution in [0.2, 0.25) is 0 Å². The summed E-state index contributed by atoms with van der Waals surface area (Å²) in [6, 6.07) is 8.12. The number of rotatable bonds is 1. The Morgan fingerprint density at radius 1 is 1.19 bits per heavy atom. The Balaban J connectivity index is 1.66. The molecule has 2 aliphatic heterocycles. The number of piperidine rings is 1. The number of carboxylic acids is 1. The minimum atomic E-state index is -0.748. The van der Waals surface area contributed by atoms with Crippen molar-refractivity contribution in [2.45, 2.75) is 38.9 Å². The van der Waals surface area contributed by atoms with Crippen LogP contribution in [0, 0.1) is 5.92 Å². The molecule has 2 atom stereocenters. The Morgan fingerprint density at radius 2 is 1.81 bits per heavy atom. The van der Waals surface area contributed by atoms with E-state index in [1.807, 2.05) is 28.9 Å². The van der Waals surface area contributed by atoms with E-state index in [2.05, 4.69) is 12.1 Å². The molecule has 2 amide bonds. The average Bonchev–Trinajstić information content (AvgIpc) is 2.90. The lowest BCUT2D eigenvalue weighted by Crippen LogP contribution is -2.50. The van der Waals surface area contributed by atoms with Gasteiger partial charge in [-0.2, -0.15) is 0 Å². The number of aliphatic carboxylic acids is 1.